The topological polar surface area (TPSA) is 67.9 Å². The van der Waals surface area contributed by atoms with Crippen LogP contribution < -0.4 is 14.8 Å². The van der Waals surface area contributed by atoms with Gasteiger partial charge in [0, 0.05) is 12.1 Å². The zero-order valence-electron chi connectivity index (χ0n) is 18.1. The van der Waals surface area contributed by atoms with E-state index in [9.17, 15) is 9.59 Å². The summed E-state index contributed by atoms with van der Waals surface area (Å²) in [6, 6.07) is 13.6. The van der Waals surface area contributed by atoms with Crippen molar-refractivity contribution in [1.29, 1.82) is 0 Å². The lowest BCUT2D eigenvalue weighted by Crippen LogP contribution is -2.53. The van der Waals surface area contributed by atoms with Crippen LogP contribution in [0.25, 0.3) is 0 Å². The molecule has 0 radical (unpaired) electrons. The summed E-state index contributed by atoms with van der Waals surface area (Å²) in [4.78, 5) is 27.3. The number of para-hydroxylation sites is 1. The highest BCUT2D eigenvalue weighted by Crippen LogP contribution is 2.23. The van der Waals surface area contributed by atoms with Gasteiger partial charge in [0.1, 0.15) is 17.5 Å². The van der Waals surface area contributed by atoms with Crippen LogP contribution in [0.5, 0.6) is 11.5 Å². The molecule has 2 aromatic rings. The molecule has 1 N–H and O–H groups in total. The summed E-state index contributed by atoms with van der Waals surface area (Å²) in [5.41, 5.74) is 0.464. The summed E-state index contributed by atoms with van der Waals surface area (Å²) in [5, 5.41) is 3.35. The summed E-state index contributed by atoms with van der Waals surface area (Å²) in [6.45, 7) is 7.42. The molecule has 162 valence electrons. The molecule has 6 nitrogen and oxygen atoms in total. The van der Waals surface area contributed by atoms with Crippen molar-refractivity contribution in [3.63, 3.8) is 0 Å². The van der Waals surface area contributed by atoms with Gasteiger partial charge < -0.3 is 19.7 Å². The summed E-state index contributed by atoms with van der Waals surface area (Å²) >= 11 is 6.11. The second kappa shape index (κ2) is 10.3. The summed E-state index contributed by atoms with van der Waals surface area (Å²) in [5.74, 6) is 0.588. The van der Waals surface area contributed by atoms with Crippen molar-refractivity contribution in [2.24, 2.45) is 0 Å². The Morgan fingerprint density at radius 3 is 2.30 bits per heavy atom. The van der Waals surface area contributed by atoms with Gasteiger partial charge in [-0.15, -0.1) is 0 Å². The van der Waals surface area contributed by atoms with Gasteiger partial charge in [0.15, 0.2) is 6.61 Å². The van der Waals surface area contributed by atoms with Crippen LogP contribution in [0.15, 0.2) is 48.5 Å². The zero-order chi connectivity index (χ0) is 22.3. The summed E-state index contributed by atoms with van der Waals surface area (Å²) in [6.07, 6.45) is 0. The largest absolute Gasteiger partial charge is 0.497 e. The number of nitrogens with zero attached hydrogens (tertiary/aromatic N) is 1. The Labute approximate surface area is 183 Å². The van der Waals surface area contributed by atoms with E-state index in [1.807, 2.05) is 45.0 Å². The standard InChI is InChI=1S/C23H29ClN2O4/c1-16(22(28)25-23(2,3)4)26(14-17-10-12-18(29-5)13-11-17)21(27)15-30-20-9-7-6-8-19(20)24/h6-13,16H,14-15H2,1-5H3,(H,25,28)/t16-/m1/s1. The third-order valence-corrected chi connectivity index (χ3v) is 4.68. The van der Waals surface area contributed by atoms with E-state index in [0.717, 1.165) is 11.3 Å². The van der Waals surface area contributed by atoms with Crippen LogP contribution in [0, 0.1) is 0 Å². The summed E-state index contributed by atoms with van der Waals surface area (Å²) < 4.78 is 10.8. The fourth-order valence-corrected chi connectivity index (χ4v) is 2.96. The first-order valence-electron chi connectivity index (χ1n) is 9.72. The number of hydrogen-bond acceptors (Lipinski definition) is 4. The highest BCUT2D eigenvalue weighted by atomic mass is 35.5. The molecule has 2 aromatic carbocycles. The lowest BCUT2D eigenvalue weighted by molar-refractivity contribution is -0.142. The monoisotopic (exact) mass is 432 g/mol. The first-order valence-corrected chi connectivity index (χ1v) is 10.1. The number of ether oxygens (including phenoxy) is 2. The van der Waals surface area contributed by atoms with Gasteiger partial charge in [0.2, 0.25) is 5.91 Å². The second-order valence-corrected chi connectivity index (χ2v) is 8.41. The highest BCUT2D eigenvalue weighted by molar-refractivity contribution is 6.32. The van der Waals surface area contributed by atoms with E-state index in [0.29, 0.717) is 10.8 Å². The molecule has 0 saturated carbocycles. The molecule has 0 aliphatic rings. The average molecular weight is 433 g/mol. The molecule has 0 fully saturated rings. The van der Waals surface area contributed by atoms with Gasteiger partial charge in [-0.05, 0) is 57.5 Å². The molecule has 0 saturated heterocycles. The Morgan fingerprint density at radius 2 is 1.73 bits per heavy atom. The van der Waals surface area contributed by atoms with Gasteiger partial charge in [-0.25, -0.2) is 0 Å². The molecule has 0 heterocycles. The fourth-order valence-electron chi connectivity index (χ4n) is 2.77. The van der Waals surface area contributed by atoms with Crippen molar-refractivity contribution in [2.75, 3.05) is 13.7 Å². The Morgan fingerprint density at radius 1 is 1.10 bits per heavy atom. The fraction of sp³-hybridized carbons (Fsp3) is 0.391. The number of halogens is 1. The van der Waals surface area contributed by atoms with Gasteiger partial charge in [-0.2, -0.15) is 0 Å². The smallest absolute Gasteiger partial charge is 0.261 e. The maximum absolute atomic E-state index is 13.0. The van der Waals surface area contributed by atoms with Crippen molar-refractivity contribution < 1.29 is 19.1 Å². The van der Waals surface area contributed by atoms with E-state index in [-0.39, 0.29) is 25.0 Å². The van der Waals surface area contributed by atoms with E-state index >= 15 is 0 Å². The molecular weight excluding hydrogens is 404 g/mol. The molecule has 2 rings (SSSR count). The minimum absolute atomic E-state index is 0.229. The van der Waals surface area contributed by atoms with E-state index in [1.165, 1.54) is 4.90 Å². The molecule has 30 heavy (non-hydrogen) atoms. The number of methoxy groups -OCH3 is 1. The zero-order valence-corrected chi connectivity index (χ0v) is 18.8. The van der Waals surface area contributed by atoms with E-state index in [1.54, 1.807) is 38.3 Å². The minimum atomic E-state index is -0.686. The third kappa shape index (κ3) is 6.95. The maximum atomic E-state index is 13.0. The Kier molecular flexibility index (Phi) is 8.12. The van der Waals surface area contributed by atoms with Crippen LogP contribution in [-0.4, -0.2) is 42.0 Å². The van der Waals surface area contributed by atoms with Crippen molar-refractivity contribution >= 4 is 23.4 Å². The molecule has 1 atom stereocenters. The molecule has 0 aromatic heterocycles. The molecular formula is C23H29ClN2O4. The minimum Gasteiger partial charge on any atom is -0.497 e. The molecule has 2 amide bonds. The molecule has 0 aliphatic heterocycles. The Bertz CT molecular complexity index is 862. The first-order chi connectivity index (χ1) is 14.1. The number of nitrogens with one attached hydrogen (secondary N) is 1. The molecule has 0 spiro atoms. The van der Waals surface area contributed by atoms with Crippen LogP contribution in [0.1, 0.15) is 33.3 Å². The van der Waals surface area contributed by atoms with Gasteiger partial charge in [0.05, 0.1) is 12.1 Å². The predicted octanol–water partition coefficient (Wildman–Crippen LogP) is 4.06. The van der Waals surface area contributed by atoms with Crippen LogP contribution in [0.4, 0.5) is 0 Å². The highest BCUT2D eigenvalue weighted by Gasteiger charge is 2.28. The van der Waals surface area contributed by atoms with Gasteiger partial charge in [0.25, 0.3) is 5.91 Å². The molecule has 0 unspecified atom stereocenters. The van der Waals surface area contributed by atoms with E-state index < -0.39 is 11.6 Å². The van der Waals surface area contributed by atoms with Crippen molar-refractivity contribution in [3.8, 4) is 11.5 Å². The number of carbonyl (C=O) groups excluding carboxylic acids is 2. The summed E-state index contributed by atoms with van der Waals surface area (Å²) in [7, 11) is 1.59. The Hall–Kier alpha value is -2.73. The van der Waals surface area contributed by atoms with Crippen molar-refractivity contribution in [3.05, 3.63) is 59.1 Å². The number of rotatable bonds is 8. The maximum Gasteiger partial charge on any atom is 0.261 e. The van der Waals surface area contributed by atoms with Crippen molar-refractivity contribution in [1.82, 2.24) is 10.2 Å². The van der Waals surface area contributed by atoms with Crippen LogP contribution in [0.2, 0.25) is 5.02 Å². The van der Waals surface area contributed by atoms with Gasteiger partial charge >= 0.3 is 0 Å². The molecule has 0 aliphatic carbocycles. The normalized spacial score (nSPS) is 12.1. The van der Waals surface area contributed by atoms with Crippen LogP contribution >= 0.6 is 11.6 Å². The van der Waals surface area contributed by atoms with Crippen molar-refractivity contribution in [2.45, 2.75) is 45.8 Å². The number of amides is 2. The average Bonchev–Trinajstić information content (AvgIpc) is 2.70. The number of carbonyl (C=O) groups is 2. The lowest BCUT2D eigenvalue weighted by Gasteiger charge is -2.31. The second-order valence-electron chi connectivity index (χ2n) is 8.00. The van der Waals surface area contributed by atoms with Crippen LogP contribution in [-0.2, 0) is 16.1 Å². The SMILES string of the molecule is COc1ccc(CN(C(=O)COc2ccccc2Cl)[C@H](C)C(=O)NC(C)(C)C)cc1. The Balaban J connectivity index is 2.18. The lowest BCUT2D eigenvalue weighted by atomic mass is 10.1. The molecule has 0 bridgehead atoms. The molecule has 7 heteroatoms. The number of hydrogen-bond donors (Lipinski definition) is 1. The van der Waals surface area contributed by atoms with E-state index in [2.05, 4.69) is 5.32 Å². The van der Waals surface area contributed by atoms with E-state index in [4.69, 9.17) is 21.1 Å². The predicted molar refractivity (Wildman–Crippen MR) is 118 cm³/mol. The quantitative estimate of drug-likeness (QED) is 0.683. The van der Waals surface area contributed by atoms with Crippen LogP contribution in [0.3, 0.4) is 0 Å². The first kappa shape index (κ1) is 23.5. The number of benzene rings is 2. The van der Waals surface area contributed by atoms with Gasteiger partial charge in [-0.3, -0.25) is 9.59 Å². The third-order valence-electron chi connectivity index (χ3n) is 4.37. The van der Waals surface area contributed by atoms with Gasteiger partial charge in [-0.1, -0.05) is 35.9 Å².